The van der Waals surface area contributed by atoms with Crippen LogP contribution in [0.15, 0.2) is 28.7 Å². The van der Waals surface area contributed by atoms with Gasteiger partial charge in [-0.15, -0.1) is 0 Å². The van der Waals surface area contributed by atoms with E-state index >= 15 is 0 Å². The molecule has 1 aromatic rings. The third kappa shape index (κ3) is 3.96. The maximum atomic E-state index is 12.6. The van der Waals surface area contributed by atoms with Gasteiger partial charge < -0.3 is 14.2 Å². The van der Waals surface area contributed by atoms with Gasteiger partial charge in [0.15, 0.2) is 0 Å². The van der Waals surface area contributed by atoms with Gasteiger partial charge in [0, 0.05) is 19.6 Å². The number of hydrogen-bond donors (Lipinski definition) is 0. The Morgan fingerprint density at radius 3 is 2.44 bits per heavy atom. The lowest BCUT2D eigenvalue weighted by molar-refractivity contribution is 0.0341. The van der Waals surface area contributed by atoms with Crippen LogP contribution in [0, 0.1) is 0 Å². The zero-order chi connectivity index (χ0) is 18.1. The van der Waals surface area contributed by atoms with Gasteiger partial charge in [0.1, 0.15) is 10.9 Å². The van der Waals surface area contributed by atoms with E-state index in [9.17, 15) is 8.42 Å². The summed E-state index contributed by atoms with van der Waals surface area (Å²) in [5.41, 5.74) is 0.825. The van der Waals surface area contributed by atoms with Gasteiger partial charge in [-0.05, 0) is 25.0 Å². The van der Waals surface area contributed by atoms with Crippen LogP contribution in [0.25, 0.3) is 0 Å². The third-order valence-corrected chi connectivity index (χ3v) is 6.29. The van der Waals surface area contributed by atoms with Crippen molar-refractivity contribution in [2.75, 3.05) is 33.4 Å². The van der Waals surface area contributed by atoms with Crippen LogP contribution in [-0.2, 0) is 30.8 Å². The fourth-order valence-corrected chi connectivity index (χ4v) is 4.97. The molecule has 2 aliphatic heterocycles. The van der Waals surface area contributed by atoms with E-state index < -0.39 is 20.9 Å². The van der Waals surface area contributed by atoms with E-state index in [1.807, 2.05) is 24.3 Å². The Balaban J connectivity index is 1.82. The Labute approximate surface area is 148 Å². The normalized spacial score (nSPS) is 25.7. The molecule has 0 amide bonds. The Bertz CT molecular complexity index is 737. The number of methoxy groups -OCH3 is 1. The van der Waals surface area contributed by atoms with Crippen LogP contribution < -0.4 is 0 Å². The predicted molar refractivity (Wildman–Crippen MR) is 93.8 cm³/mol. The molecule has 1 saturated heterocycles. The fourth-order valence-electron chi connectivity index (χ4n) is 3.28. The van der Waals surface area contributed by atoms with Gasteiger partial charge in [-0.2, -0.15) is 0 Å². The van der Waals surface area contributed by atoms with E-state index in [0.29, 0.717) is 5.56 Å². The molecule has 138 valence electrons. The van der Waals surface area contributed by atoms with Crippen molar-refractivity contribution in [2.24, 2.45) is 4.40 Å². The number of hydrogen-bond acceptors (Lipinski definition) is 6. The van der Waals surface area contributed by atoms with Crippen molar-refractivity contribution in [1.29, 1.82) is 0 Å². The van der Waals surface area contributed by atoms with Gasteiger partial charge >= 0.3 is 6.08 Å². The minimum absolute atomic E-state index is 0.217. The van der Waals surface area contributed by atoms with Crippen molar-refractivity contribution < 1.29 is 22.6 Å². The number of ether oxygens (including phenoxy) is 3. The van der Waals surface area contributed by atoms with Crippen LogP contribution in [0.4, 0.5) is 0 Å². The van der Waals surface area contributed by atoms with Crippen molar-refractivity contribution in [2.45, 2.75) is 31.2 Å². The number of morpholine rings is 1. The molecule has 0 bridgehead atoms. The van der Waals surface area contributed by atoms with Crippen molar-refractivity contribution in [3.05, 3.63) is 35.4 Å². The summed E-state index contributed by atoms with van der Waals surface area (Å²) in [5.74, 6) is 0. The second-order valence-electron chi connectivity index (χ2n) is 6.79. The lowest BCUT2D eigenvalue weighted by Crippen LogP contribution is -2.43. The number of rotatable bonds is 3. The molecule has 25 heavy (non-hydrogen) atoms. The smallest absolute Gasteiger partial charge is 0.399 e. The van der Waals surface area contributed by atoms with Crippen LogP contribution >= 0.6 is 0 Å². The molecule has 0 aliphatic carbocycles. The Kier molecular flexibility index (Phi) is 5.04. The van der Waals surface area contributed by atoms with E-state index in [1.165, 1.54) is 7.11 Å². The van der Waals surface area contributed by atoms with Gasteiger partial charge in [0.25, 0.3) is 10.0 Å². The predicted octanol–water partition coefficient (Wildman–Crippen LogP) is 1.70. The molecule has 1 unspecified atom stereocenters. The molecule has 1 atom stereocenters. The molecule has 0 aromatic heterocycles. The zero-order valence-electron chi connectivity index (χ0n) is 14.8. The Morgan fingerprint density at radius 2 is 1.88 bits per heavy atom. The summed E-state index contributed by atoms with van der Waals surface area (Å²) >= 11 is 0. The summed E-state index contributed by atoms with van der Waals surface area (Å²) in [4.78, 5) is 2.32. The Hall–Kier alpha value is -1.64. The molecule has 2 heterocycles. The monoisotopic (exact) mass is 368 g/mol. The van der Waals surface area contributed by atoms with E-state index in [4.69, 9.17) is 14.2 Å². The van der Waals surface area contributed by atoms with Gasteiger partial charge in [-0.25, -0.2) is 8.42 Å². The first-order valence-corrected chi connectivity index (χ1v) is 9.78. The largest absolute Gasteiger partial charge is 0.453 e. The maximum Gasteiger partial charge on any atom is 0.399 e. The molecule has 1 aromatic carbocycles. The van der Waals surface area contributed by atoms with Crippen LogP contribution in [0.3, 0.4) is 0 Å². The molecular weight excluding hydrogens is 344 g/mol. The summed E-state index contributed by atoms with van der Waals surface area (Å²) in [6.07, 6.45) is -0.217. The quantitative estimate of drug-likeness (QED) is 0.808. The van der Waals surface area contributed by atoms with Gasteiger partial charge in [0.2, 0.25) is 0 Å². The number of benzene rings is 1. The third-order valence-electron chi connectivity index (χ3n) is 4.45. The summed E-state index contributed by atoms with van der Waals surface area (Å²) in [6.45, 7) is 7.61. The number of nitrogens with zero attached hydrogens (tertiary/aromatic N) is 2. The fraction of sp³-hybridized carbons (Fsp3) is 0.588. The molecule has 0 spiro atoms. The second kappa shape index (κ2) is 6.93. The van der Waals surface area contributed by atoms with E-state index in [-0.39, 0.29) is 6.08 Å². The van der Waals surface area contributed by atoms with Crippen molar-refractivity contribution in [1.82, 2.24) is 4.90 Å². The summed E-state index contributed by atoms with van der Waals surface area (Å²) in [7, 11) is -2.44. The molecule has 0 radical (unpaired) electrons. The van der Waals surface area contributed by atoms with E-state index in [0.717, 1.165) is 38.4 Å². The highest BCUT2D eigenvalue weighted by Crippen LogP contribution is 2.40. The van der Waals surface area contributed by atoms with Gasteiger partial charge in [-0.1, -0.05) is 28.7 Å². The summed E-state index contributed by atoms with van der Waals surface area (Å²) < 4.78 is 44.7. The first-order chi connectivity index (χ1) is 11.8. The van der Waals surface area contributed by atoms with Crippen molar-refractivity contribution in [3.63, 3.8) is 0 Å². The van der Waals surface area contributed by atoms with E-state index in [1.54, 1.807) is 13.8 Å². The highest BCUT2D eigenvalue weighted by Gasteiger charge is 2.47. The molecule has 2 aliphatic rings. The average molecular weight is 368 g/mol. The SMILES string of the molecule is COC1=NS(=O)(=O)C(c2ccc(CN3CCOCC3)cc2)C(C)(C)O1. The molecule has 1 fully saturated rings. The molecular formula is C17H24N2O5S. The first-order valence-electron chi connectivity index (χ1n) is 8.27. The molecule has 8 heteroatoms. The van der Waals surface area contributed by atoms with Crippen LogP contribution in [-0.4, -0.2) is 58.4 Å². The minimum Gasteiger partial charge on any atom is -0.453 e. The van der Waals surface area contributed by atoms with Gasteiger partial charge in [0.05, 0.1) is 20.3 Å². The standard InChI is InChI=1S/C17H24N2O5S/c1-17(2)15(25(20,21)18-16(22-3)24-17)14-6-4-13(5-7-14)12-19-8-10-23-11-9-19/h4-7,15H,8-12H2,1-3H3. The number of sulfonamides is 1. The van der Waals surface area contributed by atoms with E-state index in [2.05, 4.69) is 9.30 Å². The summed E-state index contributed by atoms with van der Waals surface area (Å²) in [5, 5.41) is -0.878. The maximum absolute atomic E-state index is 12.6. The topological polar surface area (TPSA) is 77.4 Å². The summed E-state index contributed by atoms with van der Waals surface area (Å²) in [6, 6.07) is 7.62. The zero-order valence-corrected chi connectivity index (χ0v) is 15.6. The minimum atomic E-state index is -3.77. The molecule has 0 saturated carbocycles. The highest BCUT2D eigenvalue weighted by atomic mass is 32.2. The van der Waals surface area contributed by atoms with Crippen LogP contribution in [0.2, 0.25) is 0 Å². The molecule has 7 nitrogen and oxygen atoms in total. The van der Waals surface area contributed by atoms with Crippen molar-refractivity contribution in [3.8, 4) is 0 Å². The van der Waals surface area contributed by atoms with Crippen LogP contribution in [0.5, 0.6) is 0 Å². The highest BCUT2D eigenvalue weighted by molar-refractivity contribution is 7.90. The lowest BCUT2D eigenvalue weighted by atomic mass is 9.96. The molecule has 0 N–H and O–H groups in total. The second-order valence-corrected chi connectivity index (χ2v) is 8.48. The van der Waals surface area contributed by atoms with Crippen LogP contribution in [0.1, 0.15) is 30.2 Å². The average Bonchev–Trinajstić information content (AvgIpc) is 2.55. The lowest BCUT2D eigenvalue weighted by Gasteiger charge is -2.36. The van der Waals surface area contributed by atoms with Gasteiger partial charge in [-0.3, -0.25) is 4.90 Å². The van der Waals surface area contributed by atoms with Crippen molar-refractivity contribution >= 4 is 16.1 Å². The Morgan fingerprint density at radius 1 is 1.24 bits per heavy atom. The first kappa shape index (κ1) is 18.2. The molecule has 3 rings (SSSR count).